The molecule has 0 aliphatic carbocycles. The standard InChI is InChI=1S/C16H24O2/c1-4-15(18-12-8-9-13(2)3)16(17)14-10-6-5-7-11-14/h5-7,10-11,13,15H,4,8-9,12H2,1-3H3. The number of hydrogen-bond acceptors (Lipinski definition) is 2. The molecule has 0 amide bonds. The molecule has 0 spiro atoms. The summed E-state index contributed by atoms with van der Waals surface area (Å²) in [5.74, 6) is 0.793. The highest BCUT2D eigenvalue weighted by Gasteiger charge is 2.18. The van der Waals surface area contributed by atoms with Gasteiger partial charge in [0, 0.05) is 12.2 Å². The Morgan fingerprint density at radius 2 is 1.89 bits per heavy atom. The highest BCUT2D eigenvalue weighted by molar-refractivity contribution is 5.99. The van der Waals surface area contributed by atoms with Crippen LogP contribution in [-0.2, 0) is 4.74 Å². The zero-order valence-electron chi connectivity index (χ0n) is 11.7. The van der Waals surface area contributed by atoms with Crippen molar-refractivity contribution in [2.45, 2.75) is 46.1 Å². The van der Waals surface area contributed by atoms with Gasteiger partial charge in [0.15, 0.2) is 5.78 Å². The van der Waals surface area contributed by atoms with Gasteiger partial charge in [-0.15, -0.1) is 0 Å². The SMILES string of the molecule is CCC(OCCCC(C)C)C(=O)c1ccccc1. The minimum Gasteiger partial charge on any atom is -0.370 e. The summed E-state index contributed by atoms with van der Waals surface area (Å²) in [5, 5.41) is 0. The van der Waals surface area contributed by atoms with E-state index in [4.69, 9.17) is 4.74 Å². The van der Waals surface area contributed by atoms with Gasteiger partial charge in [-0.1, -0.05) is 51.1 Å². The molecule has 2 heteroatoms. The molecule has 1 atom stereocenters. The van der Waals surface area contributed by atoms with Crippen molar-refractivity contribution in [3.05, 3.63) is 35.9 Å². The maximum atomic E-state index is 12.2. The predicted molar refractivity (Wildman–Crippen MR) is 74.9 cm³/mol. The second kappa shape index (κ2) is 8.04. The summed E-state index contributed by atoms with van der Waals surface area (Å²) < 4.78 is 5.71. The van der Waals surface area contributed by atoms with E-state index in [0.717, 1.165) is 24.8 Å². The molecule has 0 heterocycles. The Bertz CT molecular complexity index is 343. The van der Waals surface area contributed by atoms with Crippen LogP contribution in [-0.4, -0.2) is 18.5 Å². The fraction of sp³-hybridized carbons (Fsp3) is 0.562. The summed E-state index contributed by atoms with van der Waals surface area (Å²) >= 11 is 0. The van der Waals surface area contributed by atoms with Crippen LogP contribution >= 0.6 is 0 Å². The second-order valence-electron chi connectivity index (χ2n) is 5.03. The number of carbonyl (C=O) groups excluding carboxylic acids is 1. The van der Waals surface area contributed by atoms with Crippen LogP contribution in [0.5, 0.6) is 0 Å². The van der Waals surface area contributed by atoms with Gasteiger partial charge in [0.1, 0.15) is 6.10 Å². The summed E-state index contributed by atoms with van der Waals surface area (Å²) in [4.78, 5) is 12.2. The Balaban J connectivity index is 2.43. The highest BCUT2D eigenvalue weighted by Crippen LogP contribution is 2.11. The van der Waals surface area contributed by atoms with Gasteiger partial charge in [0.05, 0.1) is 0 Å². The van der Waals surface area contributed by atoms with Crippen molar-refractivity contribution < 1.29 is 9.53 Å². The van der Waals surface area contributed by atoms with Gasteiger partial charge in [0.2, 0.25) is 0 Å². The molecule has 0 bridgehead atoms. The largest absolute Gasteiger partial charge is 0.370 e. The van der Waals surface area contributed by atoms with Crippen molar-refractivity contribution in [2.24, 2.45) is 5.92 Å². The molecule has 0 aliphatic heterocycles. The van der Waals surface area contributed by atoms with Crippen LogP contribution in [0.25, 0.3) is 0 Å². The lowest BCUT2D eigenvalue weighted by molar-refractivity contribution is 0.0377. The first-order chi connectivity index (χ1) is 8.65. The Labute approximate surface area is 110 Å². The van der Waals surface area contributed by atoms with Gasteiger partial charge < -0.3 is 4.74 Å². The van der Waals surface area contributed by atoms with E-state index in [1.54, 1.807) is 0 Å². The Hall–Kier alpha value is -1.15. The fourth-order valence-corrected chi connectivity index (χ4v) is 1.88. The average molecular weight is 248 g/mol. The molecule has 0 aliphatic rings. The first kappa shape index (κ1) is 14.9. The molecular weight excluding hydrogens is 224 g/mol. The van der Waals surface area contributed by atoms with E-state index in [1.807, 2.05) is 37.3 Å². The number of Topliss-reactive ketones (excluding diaryl/α,β-unsaturated/α-hetero) is 1. The molecule has 0 radical (unpaired) electrons. The average Bonchev–Trinajstić information content (AvgIpc) is 2.39. The third kappa shape index (κ3) is 5.01. The quantitative estimate of drug-likeness (QED) is 0.511. The minimum absolute atomic E-state index is 0.0997. The van der Waals surface area contributed by atoms with Crippen molar-refractivity contribution in [3.63, 3.8) is 0 Å². The lowest BCUT2D eigenvalue weighted by Gasteiger charge is -2.15. The van der Waals surface area contributed by atoms with Crippen molar-refractivity contribution in [3.8, 4) is 0 Å². The normalized spacial score (nSPS) is 12.7. The lowest BCUT2D eigenvalue weighted by Crippen LogP contribution is -2.24. The van der Waals surface area contributed by atoms with E-state index in [9.17, 15) is 4.79 Å². The van der Waals surface area contributed by atoms with Crippen LogP contribution in [0.3, 0.4) is 0 Å². The highest BCUT2D eigenvalue weighted by atomic mass is 16.5. The lowest BCUT2D eigenvalue weighted by atomic mass is 10.0. The van der Waals surface area contributed by atoms with Crippen molar-refractivity contribution in [1.29, 1.82) is 0 Å². The van der Waals surface area contributed by atoms with Crippen LogP contribution in [0.15, 0.2) is 30.3 Å². The molecule has 1 unspecified atom stereocenters. The van der Waals surface area contributed by atoms with Crippen LogP contribution in [0.4, 0.5) is 0 Å². The monoisotopic (exact) mass is 248 g/mol. The number of hydrogen-bond donors (Lipinski definition) is 0. The molecule has 0 saturated carbocycles. The van der Waals surface area contributed by atoms with Crippen LogP contribution < -0.4 is 0 Å². The molecule has 1 rings (SSSR count). The fourth-order valence-electron chi connectivity index (χ4n) is 1.88. The van der Waals surface area contributed by atoms with Crippen molar-refractivity contribution in [2.75, 3.05) is 6.61 Å². The van der Waals surface area contributed by atoms with Crippen LogP contribution in [0.2, 0.25) is 0 Å². The van der Waals surface area contributed by atoms with Crippen molar-refractivity contribution in [1.82, 2.24) is 0 Å². The maximum absolute atomic E-state index is 12.2. The summed E-state index contributed by atoms with van der Waals surface area (Å²) in [6.07, 6.45) is 2.61. The van der Waals surface area contributed by atoms with Gasteiger partial charge in [-0.25, -0.2) is 0 Å². The zero-order valence-corrected chi connectivity index (χ0v) is 11.7. The minimum atomic E-state index is -0.292. The van der Waals surface area contributed by atoms with Gasteiger partial charge in [-0.2, -0.15) is 0 Å². The third-order valence-electron chi connectivity index (χ3n) is 2.97. The van der Waals surface area contributed by atoms with E-state index >= 15 is 0 Å². The summed E-state index contributed by atoms with van der Waals surface area (Å²) in [5.41, 5.74) is 0.744. The Morgan fingerprint density at radius 1 is 1.22 bits per heavy atom. The molecule has 0 N–H and O–H groups in total. The number of ether oxygens (including phenoxy) is 1. The molecular formula is C16H24O2. The van der Waals surface area contributed by atoms with Gasteiger partial charge in [-0.05, 0) is 25.2 Å². The first-order valence-corrected chi connectivity index (χ1v) is 6.86. The van der Waals surface area contributed by atoms with Crippen LogP contribution in [0, 0.1) is 5.92 Å². The summed E-state index contributed by atoms with van der Waals surface area (Å²) in [7, 11) is 0. The van der Waals surface area contributed by atoms with E-state index < -0.39 is 0 Å². The number of rotatable bonds is 8. The number of ketones is 1. The first-order valence-electron chi connectivity index (χ1n) is 6.86. The zero-order chi connectivity index (χ0) is 13.4. The van der Waals surface area contributed by atoms with E-state index in [1.165, 1.54) is 0 Å². The molecule has 18 heavy (non-hydrogen) atoms. The molecule has 0 fully saturated rings. The van der Waals surface area contributed by atoms with Gasteiger partial charge in [-0.3, -0.25) is 4.79 Å². The Kier molecular flexibility index (Phi) is 6.66. The van der Waals surface area contributed by atoms with E-state index in [-0.39, 0.29) is 11.9 Å². The van der Waals surface area contributed by atoms with Crippen molar-refractivity contribution >= 4 is 5.78 Å². The molecule has 0 saturated heterocycles. The number of benzene rings is 1. The molecule has 0 aromatic heterocycles. The second-order valence-corrected chi connectivity index (χ2v) is 5.03. The van der Waals surface area contributed by atoms with Gasteiger partial charge >= 0.3 is 0 Å². The van der Waals surface area contributed by atoms with E-state index in [2.05, 4.69) is 13.8 Å². The number of carbonyl (C=O) groups is 1. The topological polar surface area (TPSA) is 26.3 Å². The van der Waals surface area contributed by atoms with E-state index in [0.29, 0.717) is 12.5 Å². The van der Waals surface area contributed by atoms with Gasteiger partial charge in [0.25, 0.3) is 0 Å². The smallest absolute Gasteiger partial charge is 0.191 e. The van der Waals surface area contributed by atoms with Crippen LogP contribution in [0.1, 0.15) is 50.4 Å². The molecule has 100 valence electrons. The summed E-state index contributed by atoms with van der Waals surface area (Å²) in [6.45, 7) is 7.07. The maximum Gasteiger partial charge on any atom is 0.191 e. The molecule has 1 aromatic carbocycles. The third-order valence-corrected chi connectivity index (χ3v) is 2.97. The molecule has 2 nitrogen and oxygen atoms in total. The molecule has 1 aromatic rings. The predicted octanol–water partition coefficient (Wildman–Crippen LogP) is 4.10. The summed E-state index contributed by atoms with van der Waals surface area (Å²) in [6, 6.07) is 9.39. The Morgan fingerprint density at radius 3 is 2.44 bits per heavy atom.